The Morgan fingerprint density at radius 2 is 2.27 bits per heavy atom. The van der Waals surface area contributed by atoms with E-state index in [1.807, 2.05) is 6.21 Å². The lowest BCUT2D eigenvalue weighted by atomic mass is 10.1. The second-order valence-electron chi connectivity index (χ2n) is 2.49. The van der Waals surface area contributed by atoms with E-state index in [9.17, 15) is 0 Å². The van der Waals surface area contributed by atoms with E-state index in [0.717, 1.165) is 6.42 Å². The van der Waals surface area contributed by atoms with Crippen LogP contribution < -0.4 is 0 Å². The second kappa shape index (κ2) is 3.91. The van der Waals surface area contributed by atoms with Gasteiger partial charge in [-0.15, -0.1) is 0 Å². The molecule has 0 saturated carbocycles. The lowest BCUT2D eigenvalue weighted by Gasteiger charge is -1.96. The maximum atomic E-state index is 3.96. The van der Waals surface area contributed by atoms with Crippen LogP contribution in [0.25, 0.3) is 0 Å². The summed E-state index contributed by atoms with van der Waals surface area (Å²) >= 11 is 0. The molecular formula is C10H13N. The Kier molecular flexibility index (Phi) is 2.84. The van der Waals surface area contributed by atoms with Crippen LogP contribution in [0.1, 0.15) is 18.1 Å². The Bertz CT molecular complexity index is 251. The minimum absolute atomic E-state index is 1.09. The van der Waals surface area contributed by atoms with Gasteiger partial charge in [0.2, 0.25) is 0 Å². The minimum atomic E-state index is 1.09. The van der Waals surface area contributed by atoms with Crippen LogP contribution >= 0.6 is 0 Å². The molecule has 0 heterocycles. The van der Waals surface area contributed by atoms with Crippen LogP contribution in [0.5, 0.6) is 0 Å². The van der Waals surface area contributed by atoms with E-state index >= 15 is 0 Å². The van der Waals surface area contributed by atoms with Crippen molar-refractivity contribution in [2.75, 3.05) is 7.05 Å². The fourth-order valence-corrected chi connectivity index (χ4v) is 1.04. The topological polar surface area (TPSA) is 12.4 Å². The van der Waals surface area contributed by atoms with Gasteiger partial charge >= 0.3 is 0 Å². The lowest BCUT2D eigenvalue weighted by Crippen LogP contribution is -1.84. The molecule has 0 radical (unpaired) electrons. The van der Waals surface area contributed by atoms with Gasteiger partial charge in [-0.3, -0.25) is 4.99 Å². The van der Waals surface area contributed by atoms with Crippen molar-refractivity contribution in [3.05, 3.63) is 35.4 Å². The van der Waals surface area contributed by atoms with Gasteiger partial charge in [0.15, 0.2) is 0 Å². The Hall–Kier alpha value is -1.11. The first-order valence-corrected chi connectivity index (χ1v) is 3.88. The molecule has 0 saturated heterocycles. The van der Waals surface area contributed by atoms with Crippen molar-refractivity contribution >= 4 is 6.21 Å². The van der Waals surface area contributed by atoms with Crippen LogP contribution in [0, 0.1) is 0 Å². The van der Waals surface area contributed by atoms with Crippen molar-refractivity contribution in [3.8, 4) is 0 Å². The van der Waals surface area contributed by atoms with Gasteiger partial charge in [0.25, 0.3) is 0 Å². The summed E-state index contributed by atoms with van der Waals surface area (Å²) < 4.78 is 0. The standard InChI is InChI=1S/C10H13N/c1-3-9-5-4-6-10(7-9)8-11-2/h4-8H,3H2,1-2H3. The molecule has 1 aromatic rings. The molecular weight excluding hydrogens is 134 g/mol. The smallest absolute Gasteiger partial charge is 0.0281 e. The number of rotatable bonds is 2. The van der Waals surface area contributed by atoms with Crippen molar-refractivity contribution in [3.63, 3.8) is 0 Å². The third-order valence-corrected chi connectivity index (χ3v) is 1.64. The summed E-state index contributed by atoms with van der Waals surface area (Å²) in [6.45, 7) is 2.15. The van der Waals surface area contributed by atoms with Gasteiger partial charge in [-0.1, -0.05) is 31.2 Å². The van der Waals surface area contributed by atoms with Crippen molar-refractivity contribution in [1.29, 1.82) is 0 Å². The first-order chi connectivity index (χ1) is 5.36. The van der Waals surface area contributed by atoms with Gasteiger partial charge in [0.05, 0.1) is 0 Å². The fourth-order valence-electron chi connectivity index (χ4n) is 1.04. The number of benzene rings is 1. The van der Waals surface area contributed by atoms with Gasteiger partial charge in [-0.05, 0) is 17.5 Å². The molecule has 0 spiro atoms. The molecule has 58 valence electrons. The van der Waals surface area contributed by atoms with Crippen LogP contribution in [-0.4, -0.2) is 13.3 Å². The molecule has 1 nitrogen and oxygen atoms in total. The Morgan fingerprint density at radius 3 is 2.91 bits per heavy atom. The first kappa shape index (κ1) is 7.99. The van der Waals surface area contributed by atoms with Crippen LogP contribution in [0.4, 0.5) is 0 Å². The van der Waals surface area contributed by atoms with E-state index in [1.54, 1.807) is 7.05 Å². The predicted octanol–water partition coefficient (Wildman–Crippen LogP) is 2.30. The van der Waals surface area contributed by atoms with Crippen LogP contribution in [0.15, 0.2) is 29.3 Å². The monoisotopic (exact) mass is 147 g/mol. The summed E-state index contributed by atoms with van der Waals surface area (Å²) in [5, 5.41) is 0. The number of hydrogen-bond donors (Lipinski definition) is 0. The van der Waals surface area contributed by atoms with E-state index in [-0.39, 0.29) is 0 Å². The molecule has 0 atom stereocenters. The third kappa shape index (κ3) is 2.19. The zero-order valence-electron chi connectivity index (χ0n) is 7.04. The third-order valence-electron chi connectivity index (χ3n) is 1.64. The molecule has 0 aliphatic rings. The summed E-state index contributed by atoms with van der Waals surface area (Å²) in [6, 6.07) is 8.42. The quantitative estimate of drug-likeness (QED) is 0.569. The maximum absolute atomic E-state index is 3.96. The number of aryl methyl sites for hydroxylation is 1. The SMILES string of the molecule is CCc1cccc(C=NC)c1. The zero-order valence-corrected chi connectivity index (χ0v) is 7.04. The number of aliphatic imine (C=N–C) groups is 1. The van der Waals surface area contributed by atoms with Crippen molar-refractivity contribution < 1.29 is 0 Å². The molecule has 11 heavy (non-hydrogen) atoms. The van der Waals surface area contributed by atoms with Crippen LogP contribution in [0.3, 0.4) is 0 Å². The molecule has 0 aliphatic heterocycles. The number of hydrogen-bond acceptors (Lipinski definition) is 1. The van der Waals surface area contributed by atoms with Gasteiger partial charge in [0, 0.05) is 13.3 Å². The Labute approximate surface area is 67.8 Å². The van der Waals surface area contributed by atoms with E-state index in [1.165, 1.54) is 11.1 Å². The first-order valence-electron chi connectivity index (χ1n) is 3.88. The molecule has 0 amide bonds. The van der Waals surface area contributed by atoms with Crippen molar-refractivity contribution in [1.82, 2.24) is 0 Å². The normalized spacial score (nSPS) is 10.7. The van der Waals surface area contributed by atoms with Crippen molar-refractivity contribution in [2.24, 2.45) is 4.99 Å². The van der Waals surface area contributed by atoms with Gasteiger partial charge in [-0.2, -0.15) is 0 Å². The van der Waals surface area contributed by atoms with Crippen LogP contribution in [0.2, 0.25) is 0 Å². The number of nitrogens with zero attached hydrogens (tertiary/aromatic N) is 1. The van der Waals surface area contributed by atoms with E-state index in [0.29, 0.717) is 0 Å². The Morgan fingerprint density at radius 1 is 1.45 bits per heavy atom. The van der Waals surface area contributed by atoms with Gasteiger partial charge in [-0.25, -0.2) is 0 Å². The highest BCUT2D eigenvalue weighted by atomic mass is 14.6. The van der Waals surface area contributed by atoms with E-state index < -0.39 is 0 Å². The highest BCUT2D eigenvalue weighted by Gasteiger charge is 1.89. The average Bonchev–Trinajstić information content (AvgIpc) is 2.06. The van der Waals surface area contributed by atoms with Gasteiger partial charge < -0.3 is 0 Å². The summed E-state index contributed by atoms with van der Waals surface area (Å²) in [4.78, 5) is 3.96. The van der Waals surface area contributed by atoms with Gasteiger partial charge in [0.1, 0.15) is 0 Å². The Balaban J connectivity index is 2.91. The summed E-state index contributed by atoms with van der Waals surface area (Å²) in [5.74, 6) is 0. The minimum Gasteiger partial charge on any atom is -0.296 e. The molecule has 0 fully saturated rings. The molecule has 0 aliphatic carbocycles. The summed E-state index contributed by atoms with van der Waals surface area (Å²) in [7, 11) is 1.79. The lowest BCUT2D eigenvalue weighted by molar-refractivity contribution is 1.14. The fraction of sp³-hybridized carbons (Fsp3) is 0.300. The molecule has 1 rings (SSSR count). The zero-order chi connectivity index (χ0) is 8.10. The highest BCUT2D eigenvalue weighted by molar-refractivity contribution is 5.79. The van der Waals surface area contributed by atoms with E-state index in [4.69, 9.17) is 0 Å². The highest BCUT2D eigenvalue weighted by Crippen LogP contribution is 2.03. The van der Waals surface area contributed by atoms with E-state index in [2.05, 4.69) is 36.2 Å². The predicted molar refractivity (Wildman–Crippen MR) is 49.3 cm³/mol. The summed E-state index contributed by atoms with van der Waals surface area (Å²) in [6.07, 6.45) is 2.96. The molecule has 0 aromatic heterocycles. The molecule has 0 unspecified atom stereocenters. The van der Waals surface area contributed by atoms with Crippen molar-refractivity contribution in [2.45, 2.75) is 13.3 Å². The second-order valence-corrected chi connectivity index (χ2v) is 2.49. The molecule has 0 N–H and O–H groups in total. The largest absolute Gasteiger partial charge is 0.296 e. The molecule has 0 bridgehead atoms. The average molecular weight is 147 g/mol. The molecule has 1 aromatic carbocycles. The maximum Gasteiger partial charge on any atom is 0.0281 e. The molecule has 1 heteroatoms. The van der Waals surface area contributed by atoms with Crippen LogP contribution in [-0.2, 0) is 6.42 Å². The summed E-state index contributed by atoms with van der Waals surface area (Å²) in [5.41, 5.74) is 2.55.